The molecule has 1 aliphatic rings. The first-order valence-electron chi connectivity index (χ1n) is 7.87. The molecule has 2 N–H and O–H groups in total. The van der Waals surface area contributed by atoms with Gasteiger partial charge in [-0.1, -0.05) is 11.6 Å². The van der Waals surface area contributed by atoms with Gasteiger partial charge >= 0.3 is 0 Å². The van der Waals surface area contributed by atoms with Crippen molar-refractivity contribution in [3.63, 3.8) is 0 Å². The number of halogens is 1. The Kier molecular flexibility index (Phi) is 4.38. The first kappa shape index (κ1) is 16.7. The Morgan fingerprint density at radius 3 is 2.48 bits per heavy atom. The summed E-state index contributed by atoms with van der Waals surface area (Å²) in [5.41, 5.74) is 1.10. The van der Waals surface area contributed by atoms with Crippen molar-refractivity contribution in [1.29, 1.82) is 0 Å². The van der Waals surface area contributed by atoms with Gasteiger partial charge in [0.1, 0.15) is 0 Å². The number of nitrogens with zero attached hydrogens (tertiary/aromatic N) is 2. The lowest BCUT2D eigenvalue weighted by Crippen LogP contribution is -2.60. The fourth-order valence-electron chi connectivity index (χ4n) is 3.62. The third-order valence-electron chi connectivity index (χ3n) is 4.00. The third-order valence-corrected chi connectivity index (χ3v) is 5.26. The summed E-state index contributed by atoms with van der Waals surface area (Å²) in [7, 11) is 0. The number of aromatic nitrogens is 2. The van der Waals surface area contributed by atoms with Gasteiger partial charge in [-0.2, -0.15) is 0 Å². The smallest absolute Gasteiger partial charge is 0.223 e. The molecule has 23 heavy (non-hydrogen) atoms. The van der Waals surface area contributed by atoms with Crippen LogP contribution in [0.3, 0.4) is 0 Å². The second kappa shape index (κ2) is 6.04. The van der Waals surface area contributed by atoms with Crippen molar-refractivity contribution < 1.29 is 0 Å². The molecule has 2 aromatic heterocycles. The molecular formula is C17H23ClN4S. The predicted molar refractivity (Wildman–Crippen MR) is 98.3 cm³/mol. The minimum absolute atomic E-state index is 0.0955. The largest absolute Gasteiger partial charge is 0.351 e. The van der Waals surface area contributed by atoms with E-state index in [9.17, 15) is 0 Å². The number of hydrogen-bond donors (Lipinski definition) is 2. The monoisotopic (exact) mass is 350 g/mol. The fourth-order valence-corrected chi connectivity index (χ4v) is 4.64. The summed E-state index contributed by atoms with van der Waals surface area (Å²) in [6, 6.07) is 6.16. The summed E-state index contributed by atoms with van der Waals surface area (Å²) in [5.74, 6) is 0.686. The fraction of sp³-hybridized carbons (Fsp3) is 0.529. The second-order valence-electron chi connectivity index (χ2n) is 7.51. The maximum Gasteiger partial charge on any atom is 0.223 e. The average Bonchev–Trinajstić information content (AvgIpc) is 2.82. The standard InChI is InChI=1S/C17H23ClN4S/c1-16(2)9-11(10-17(3,4)22-16)20-15-19-8-7-12(21-15)13-5-6-14(18)23-13/h5-8,11,22H,9-10H2,1-4H3,(H,19,20,21). The first-order valence-corrected chi connectivity index (χ1v) is 9.07. The Morgan fingerprint density at radius 1 is 1.17 bits per heavy atom. The van der Waals surface area contributed by atoms with E-state index >= 15 is 0 Å². The lowest BCUT2D eigenvalue weighted by molar-refractivity contribution is 0.170. The molecule has 0 aliphatic carbocycles. The van der Waals surface area contributed by atoms with Crippen LogP contribution >= 0.6 is 22.9 Å². The molecule has 0 aromatic carbocycles. The number of anilines is 1. The summed E-state index contributed by atoms with van der Waals surface area (Å²) in [6.07, 6.45) is 3.87. The first-order chi connectivity index (χ1) is 10.7. The minimum Gasteiger partial charge on any atom is -0.351 e. The molecule has 1 fully saturated rings. The normalized spacial score (nSPS) is 20.4. The van der Waals surface area contributed by atoms with Gasteiger partial charge in [0.2, 0.25) is 5.95 Å². The van der Waals surface area contributed by atoms with Crippen LogP contribution < -0.4 is 10.6 Å². The maximum absolute atomic E-state index is 6.02. The van der Waals surface area contributed by atoms with Gasteiger partial charge in [0.15, 0.2) is 0 Å². The molecule has 2 aromatic rings. The van der Waals surface area contributed by atoms with Gasteiger partial charge in [-0.15, -0.1) is 11.3 Å². The van der Waals surface area contributed by atoms with E-state index < -0.39 is 0 Å². The minimum atomic E-state index is 0.0955. The average molecular weight is 351 g/mol. The van der Waals surface area contributed by atoms with Crippen LogP contribution in [0.2, 0.25) is 4.34 Å². The van der Waals surface area contributed by atoms with E-state index in [1.165, 1.54) is 11.3 Å². The third kappa shape index (κ3) is 4.22. The molecule has 0 amide bonds. The Morgan fingerprint density at radius 2 is 1.87 bits per heavy atom. The van der Waals surface area contributed by atoms with Gasteiger partial charge in [0.25, 0.3) is 0 Å². The van der Waals surface area contributed by atoms with Gasteiger partial charge in [-0.05, 0) is 58.7 Å². The highest BCUT2D eigenvalue weighted by Gasteiger charge is 2.37. The number of piperidine rings is 1. The lowest BCUT2D eigenvalue weighted by Gasteiger charge is -2.46. The van der Waals surface area contributed by atoms with Crippen LogP contribution in [0.4, 0.5) is 5.95 Å². The molecule has 0 saturated carbocycles. The van der Waals surface area contributed by atoms with Crippen molar-refractivity contribution in [3.8, 4) is 10.6 Å². The lowest BCUT2D eigenvalue weighted by atomic mass is 9.80. The molecular weight excluding hydrogens is 328 g/mol. The molecule has 0 atom stereocenters. The van der Waals surface area contributed by atoms with Crippen molar-refractivity contribution in [2.24, 2.45) is 0 Å². The van der Waals surface area contributed by atoms with Crippen LogP contribution in [0.25, 0.3) is 10.6 Å². The van der Waals surface area contributed by atoms with Gasteiger partial charge in [0, 0.05) is 23.3 Å². The van der Waals surface area contributed by atoms with Crippen molar-refractivity contribution >= 4 is 28.9 Å². The predicted octanol–water partition coefficient (Wildman–Crippen LogP) is 4.58. The van der Waals surface area contributed by atoms with E-state index in [4.69, 9.17) is 11.6 Å². The second-order valence-corrected chi connectivity index (χ2v) is 9.23. The van der Waals surface area contributed by atoms with E-state index in [2.05, 4.69) is 48.3 Å². The van der Waals surface area contributed by atoms with Crippen LogP contribution in [0.5, 0.6) is 0 Å². The summed E-state index contributed by atoms with van der Waals surface area (Å²) >= 11 is 7.55. The number of hydrogen-bond acceptors (Lipinski definition) is 5. The molecule has 0 bridgehead atoms. The van der Waals surface area contributed by atoms with Crippen LogP contribution in [-0.2, 0) is 0 Å². The van der Waals surface area contributed by atoms with Gasteiger partial charge in [0.05, 0.1) is 14.9 Å². The molecule has 3 heterocycles. The Labute approximate surface area is 146 Å². The summed E-state index contributed by atoms with van der Waals surface area (Å²) in [6.45, 7) is 8.97. The van der Waals surface area contributed by atoms with Crippen LogP contribution in [0.1, 0.15) is 40.5 Å². The Hall–Kier alpha value is -1.17. The highest BCUT2D eigenvalue weighted by Crippen LogP contribution is 2.32. The SMILES string of the molecule is CC1(C)CC(Nc2nccc(-c3ccc(Cl)s3)n2)CC(C)(C)N1. The topological polar surface area (TPSA) is 49.8 Å². The highest BCUT2D eigenvalue weighted by molar-refractivity contribution is 7.19. The molecule has 0 unspecified atom stereocenters. The molecule has 124 valence electrons. The van der Waals surface area contributed by atoms with Crippen LogP contribution in [0, 0.1) is 0 Å². The van der Waals surface area contributed by atoms with Gasteiger partial charge in [-0.25, -0.2) is 9.97 Å². The van der Waals surface area contributed by atoms with Crippen molar-refractivity contribution in [2.75, 3.05) is 5.32 Å². The molecule has 1 saturated heterocycles. The van der Waals surface area contributed by atoms with E-state index in [1.54, 1.807) is 6.20 Å². The zero-order valence-corrected chi connectivity index (χ0v) is 15.6. The molecule has 0 spiro atoms. The summed E-state index contributed by atoms with van der Waals surface area (Å²) < 4.78 is 0.773. The molecule has 3 rings (SSSR count). The molecule has 6 heteroatoms. The maximum atomic E-state index is 6.02. The zero-order chi connectivity index (χ0) is 16.7. The van der Waals surface area contributed by atoms with Gasteiger partial charge < -0.3 is 10.6 Å². The van der Waals surface area contributed by atoms with E-state index in [0.29, 0.717) is 12.0 Å². The Balaban J connectivity index is 1.78. The van der Waals surface area contributed by atoms with E-state index in [1.807, 2.05) is 18.2 Å². The Bertz CT molecular complexity index is 679. The summed E-state index contributed by atoms with van der Waals surface area (Å²) in [5, 5.41) is 7.21. The number of thiophene rings is 1. The number of rotatable bonds is 3. The molecule has 0 radical (unpaired) electrons. The van der Waals surface area contributed by atoms with Gasteiger partial charge in [-0.3, -0.25) is 0 Å². The van der Waals surface area contributed by atoms with Crippen molar-refractivity contribution in [1.82, 2.24) is 15.3 Å². The zero-order valence-electron chi connectivity index (χ0n) is 14.0. The van der Waals surface area contributed by atoms with E-state index in [-0.39, 0.29) is 11.1 Å². The summed E-state index contributed by atoms with van der Waals surface area (Å²) in [4.78, 5) is 10.1. The van der Waals surface area contributed by atoms with Crippen molar-refractivity contribution in [3.05, 3.63) is 28.7 Å². The quantitative estimate of drug-likeness (QED) is 0.850. The van der Waals surface area contributed by atoms with E-state index in [0.717, 1.165) is 27.7 Å². The van der Waals surface area contributed by atoms with Crippen molar-refractivity contribution in [2.45, 2.75) is 57.7 Å². The van der Waals surface area contributed by atoms with Crippen LogP contribution in [0.15, 0.2) is 24.4 Å². The number of nitrogens with one attached hydrogen (secondary N) is 2. The highest BCUT2D eigenvalue weighted by atomic mass is 35.5. The molecule has 1 aliphatic heterocycles. The van der Waals surface area contributed by atoms with Crippen LogP contribution in [-0.4, -0.2) is 27.1 Å². The molecule has 4 nitrogen and oxygen atoms in total.